The minimum Gasteiger partial charge on any atom is -0.378 e. The molecule has 3 N–H and O–H groups in total. The molecule has 1 saturated heterocycles. The molecule has 0 spiro atoms. The van der Waals surface area contributed by atoms with Gasteiger partial charge in [0.1, 0.15) is 5.82 Å². The maximum atomic E-state index is 13.7. The van der Waals surface area contributed by atoms with E-state index in [4.69, 9.17) is 5.73 Å². The molecule has 1 fully saturated rings. The molecule has 2 aromatic heterocycles. The summed E-state index contributed by atoms with van der Waals surface area (Å²) in [6, 6.07) is 1.69. The topological polar surface area (TPSA) is 97.0 Å². The van der Waals surface area contributed by atoms with Crippen LogP contribution in [0.1, 0.15) is 28.3 Å². The van der Waals surface area contributed by atoms with Crippen LogP contribution in [0.3, 0.4) is 0 Å². The SMILES string of the molecule is Cc1nc(C(N)=O)nc(N2CC[C@@H](Nc3ccncc3F)C2)c1C. The number of aryl methyl sites for hydroxylation is 1. The summed E-state index contributed by atoms with van der Waals surface area (Å²) >= 11 is 0. The van der Waals surface area contributed by atoms with Gasteiger partial charge in [0.15, 0.2) is 5.82 Å². The monoisotopic (exact) mass is 330 g/mol. The molecule has 0 aromatic carbocycles. The lowest BCUT2D eigenvalue weighted by atomic mass is 10.2. The second kappa shape index (κ2) is 6.38. The van der Waals surface area contributed by atoms with E-state index in [1.54, 1.807) is 12.3 Å². The number of hydrogen-bond acceptors (Lipinski definition) is 6. The molecule has 3 rings (SSSR count). The molecule has 0 radical (unpaired) electrons. The van der Waals surface area contributed by atoms with Crippen molar-refractivity contribution in [3.05, 3.63) is 41.4 Å². The van der Waals surface area contributed by atoms with E-state index < -0.39 is 5.91 Å². The summed E-state index contributed by atoms with van der Waals surface area (Å²) in [5, 5.41) is 3.19. The number of aromatic nitrogens is 3. The Morgan fingerprint density at radius 2 is 2.21 bits per heavy atom. The van der Waals surface area contributed by atoms with E-state index in [0.29, 0.717) is 18.1 Å². The van der Waals surface area contributed by atoms with E-state index in [-0.39, 0.29) is 17.7 Å². The molecular formula is C16H19FN6O. The first-order chi connectivity index (χ1) is 11.5. The Morgan fingerprint density at radius 1 is 1.42 bits per heavy atom. The number of halogens is 1. The lowest BCUT2D eigenvalue weighted by Crippen LogP contribution is -2.29. The van der Waals surface area contributed by atoms with E-state index in [2.05, 4.69) is 25.2 Å². The number of pyridine rings is 1. The lowest BCUT2D eigenvalue weighted by molar-refractivity contribution is 0.0990. The fraction of sp³-hybridized carbons (Fsp3) is 0.375. The van der Waals surface area contributed by atoms with Crippen molar-refractivity contribution >= 4 is 17.4 Å². The summed E-state index contributed by atoms with van der Waals surface area (Å²) in [7, 11) is 0. The number of nitrogens with two attached hydrogens (primary N) is 1. The Labute approximate surface area is 139 Å². The maximum absolute atomic E-state index is 13.7. The van der Waals surface area contributed by atoms with E-state index in [9.17, 15) is 9.18 Å². The zero-order chi connectivity index (χ0) is 17.3. The van der Waals surface area contributed by atoms with Gasteiger partial charge in [0.25, 0.3) is 5.91 Å². The van der Waals surface area contributed by atoms with Gasteiger partial charge in [-0.2, -0.15) is 0 Å². The standard InChI is InChI=1S/C16H19FN6O/c1-9-10(2)20-15(14(18)24)22-16(9)23-6-4-11(8-23)21-13-3-5-19-7-12(13)17/h3,5,7,11H,4,6,8H2,1-2H3,(H2,18,24)(H,19,21)/t11-/m1/s1. The van der Waals surface area contributed by atoms with Crippen molar-refractivity contribution in [2.75, 3.05) is 23.3 Å². The fourth-order valence-corrected chi connectivity index (χ4v) is 2.81. The molecule has 0 saturated carbocycles. The smallest absolute Gasteiger partial charge is 0.286 e. The Balaban J connectivity index is 1.78. The van der Waals surface area contributed by atoms with Gasteiger partial charge in [-0.15, -0.1) is 0 Å². The van der Waals surface area contributed by atoms with Crippen LogP contribution in [0.5, 0.6) is 0 Å². The first-order valence-electron chi connectivity index (χ1n) is 7.71. The number of nitrogens with zero attached hydrogens (tertiary/aromatic N) is 4. The Hall–Kier alpha value is -2.77. The van der Waals surface area contributed by atoms with Crippen molar-refractivity contribution in [1.82, 2.24) is 15.0 Å². The quantitative estimate of drug-likeness (QED) is 0.880. The van der Waals surface area contributed by atoms with Gasteiger partial charge >= 0.3 is 0 Å². The van der Waals surface area contributed by atoms with Gasteiger partial charge < -0.3 is 16.0 Å². The lowest BCUT2D eigenvalue weighted by Gasteiger charge is -2.21. The van der Waals surface area contributed by atoms with Crippen molar-refractivity contribution in [3.63, 3.8) is 0 Å². The van der Waals surface area contributed by atoms with Crippen LogP contribution < -0.4 is 16.0 Å². The van der Waals surface area contributed by atoms with E-state index in [0.717, 1.165) is 24.2 Å². The summed E-state index contributed by atoms with van der Waals surface area (Å²) in [6.07, 6.45) is 3.57. The molecule has 126 valence electrons. The number of amides is 1. The molecule has 0 aliphatic carbocycles. The van der Waals surface area contributed by atoms with Crippen LogP contribution in [0, 0.1) is 19.7 Å². The molecule has 8 heteroatoms. The normalized spacial score (nSPS) is 17.1. The van der Waals surface area contributed by atoms with Gasteiger partial charge in [-0.1, -0.05) is 0 Å². The summed E-state index contributed by atoms with van der Waals surface area (Å²) in [5.74, 6) is -0.298. The first kappa shape index (κ1) is 16.1. The number of primary amides is 1. The van der Waals surface area contributed by atoms with Crippen LogP contribution >= 0.6 is 0 Å². The van der Waals surface area contributed by atoms with Crippen LogP contribution in [0.4, 0.5) is 15.9 Å². The van der Waals surface area contributed by atoms with Gasteiger partial charge in [0.2, 0.25) is 5.82 Å². The Kier molecular flexibility index (Phi) is 4.28. The molecule has 1 aliphatic rings. The predicted molar refractivity (Wildman–Crippen MR) is 88.5 cm³/mol. The minimum atomic E-state index is -0.646. The molecule has 0 bridgehead atoms. The molecule has 0 unspecified atom stereocenters. The number of carbonyl (C=O) groups is 1. The van der Waals surface area contributed by atoms with Gasteiger partial charge in [-0.3, -0.25) is 9.78 Å². The number of nitrogens with one attached hydrogen (secondary N) is 1. The van der Waals surface area contributed by atoms with Crippen LogP contribution in [0.2, 0.25) is 0 Å². The highest BCUT2D eigenvalue weighted by molar-refractivity contribution is 5.89. The van der Waals surface area contributed by atoms with Gasteiger partial charge in [0.05, 0.1) is 11.9 Å². The molecule has 1 atom stereocenters. The highest BCUT2D eigenvalue weighted by atomic mass is 19.1. The van der Waals surface area contributed by atoms with E-state index in [1.807, 2.05) is 13.8 Å². The maximum Gasteiger partial charge on any atom is 0.286 e. The third-order valence-corrected chi connectivity index (χ3v) is 4.20. The van der Waals surface area contributed by atoms with Crippen LogP contribution in [0.15, 0.2) is 18.5 Å². The van der Waals surface area contributed by atoms with Gasteiger partial charge in [0, 0.05) is 36.6 Å². The zero-order valence-corrected chi connectivity index (χ0v) is 13.6. The van der Waals surface area contributed by atoms with Crippen LogP contribution in [-0.2, 0) is 0 Å². The minimum absolute atomic E-state index is 0.0182. The van der Waals surface area contributed by atoms with Crippen LogP contribution in [-0.4, -0.2) is 40.0 Å². The number of carbonyl (C=O) groups excluding carboxylic acids is 1. The largest absolute Gasteiger partial charge is 0.378 e. The molecule has 1 amide bonds. The first-order valence-corrected chi connectivity index (χ1v) is 7.71. The average Bonchev–Trinajstić information content (AvgIpc) is 3.00. The summed E-state index contributed by atoms with van der Waals surface area (Å²) in [5.41, 5.74) is 7.38. The summed E-state index contributed by atoms with van der Waals surface area (Å²) < 4.78 is 13.7. The molecular weight excluding hydrogens is 311 g/mol. The molecule has 7 nitrogen and oxygen atoms in total. The average molecular weight is 330 g/mol. The molecule has 24 heavy (non-hydrogen) atoms. The summed E-state index contributed by atoms with van der Waals surface area (Å²) in [6.45, 7) is 5.14. The van der Waals surface area contributed by atoms with E-state index in [1.165, 1.54) is 6.20 Å². The Morgan fingerprint density at radius 3 is 2.92 bits per heavy atom. The second-order valence-electron chi connectivity index (χ2n) is 5.88. The highest BCUT2D eigenvalue weighted by Gasteiger charge is 2.26. The Bertz CT molecular complexity index is 781. The number of hydrogen-bond donors (Lipinski definition) is 2. The van der Waals surface area contributed by atoms with Crippen molar-refractivity contribution < 1.29 is 9.18 Å². The van der Waals surface area contributed by atoms with E-state index >= 15 is 0 Å². The number of anilines is 2. The predicted octanol–water partition coefficient (Wildman–Crippen LogP) is 1.42. The fourth-order valence-electron chi connectivity index (χ4n) is 2.81. The molecule has 2 aromatic rings. The van der Waals surface area contributed by atoms with Crippen LogP contribution in [0.25, 0.3) is 0 Å². The highest BCUT2D eigenvalue weighted by Crippen LogP contribution is 2.25. The molecule has 3 heterocycles. The number of rotatable bonds is 4. The third kappa shape index (κ3) is 3.12. The van der Waals surface area contributed by atoms with Crippen molar-refractivity contribution in [2.24, 2.45) is 5.73 Å². The van der Waals surface area contributed by atoms with Crippen molar-refractivity contribution in [3.8, 4) is 0 Å². The van der Waals surface area contributed by atoms with Crippen molar-refractivity contribution in [2.45, 2.75) is 26.3 Å². The van der Waals surface area contributed by atoms with Crippen molar-refractivity contribution in [1.29, 1.82) is 0 Å². The molecule has 1 aliphatic heterocycles. The zero-order valence-electron chi connectivity index (χ0n) is 13.6. The third-order valence-electron chi connectivity index (χ3n) is 4.20. The second-order valence-corrected chi connectivity index (χ2v) is 5.88. The van der Waals surface area contributed by atoms with Gasteiger partial charge in [-0.05, 0) is 26.3 Å². The summed E-state index contributed by atoms with van der Waals surface area (Å²) in [4.78, 5) is 25.6. The van der Waals surface area contributed by atoms with Gasteiger partial charge in [-0.25, -0.2) is 14.4 Å².